The highest BCUT2D eigenvalue weighted by atomic mass is 19.3. The van der Waals surface area contributed by atoms with E-state index < -0.39 is 11.8 Å². The van der Waals surface area contributed by atoms with Gasteiger partial charge in [-0.05, 0) is 26.2 Å². The Labute approximate surface area is 80.9 Å². The van der Waals surface area contributed by atoms with Crippen LogP contribution in [-0.2, 0) is 5.92 Å². The summed E-state index contributed by atoms with van der Waals surface area (Å²) in [6.07, 6.45) is 2.27. The Hall–Kier alpha value is -0.930. The van der Waals surface area contributed by atoms with Gasteiger partial charge in [-0.3, -0.25) is 4.68 Å². The average Bonchev–Trinajstić information content (AvgIpc) is 2.70. The van der Waals surface area contributed by atoms with Gasteiger partial charge < -0.3 is 0 Å². The molecule has 0 amide bonds. The molecule has 1 aromatic heterocycles. The molecule has 0 aromatic carbocycles. The molecule has 2 aliphatic carbocycles. The Kier molecular flexibility index (Phi) is 1.30. The average molecular weight is 198 g/mol. The summed E-state index contributed by atoms with van der Waals surface area (Å²) in [5, 5.41) is 4.05. The largest absolute Gasteiger partial charge is 0.293 e. The van der Waals surface area contributed by atoms with Crippen LogP contribution in [-0.4, -0.2) is 9.78 Å². The van der Waals surface area contributed by atoms with Crippen molar-refractivity contribution in [2.75, 3.05) is 0 Å². The van der Waals surface area contributed by atoms with E-state index in [1.807, 2.05) is 13.8 Å². The van der Waals surface area contributed by atoms with Crippen LogP contribution in [0.1, 0.15) is 43.5 Å². The van der Waals surface area contributed by atoms with E-state index in [1.54, 1.807) is 6.20 Å². The quantitative estimate of drug-likeness (QED) is 0.678. The van der Waals surface area contributed by atoms with Gasteiger partial charge in [0.15, 0.2) is 0 Å². The number of nitrogens with zero attached hydrogens (tertiary/aromatic N) is 2. The second-order valence-corrected chi connectivity index (χ2v) is 4.56. The van der Waals surface area contributed by atoms with Crippen LogP contribution in [0.3, 0.4) is 0 Å². The Morgan fingerprint density at radius 3 is 2.93 bits per heavy atom. The first-order valence-corrected chi connectivity index (χ1v) is 4.99. The van der Waals surface area contributed by atoms with E-state index in [0.717, 1.165) is 5.56 Å². The van der Waals surface area contributed by atoms with Crippen LogP contribution in [0.2, 0.25) is 0 Å². The molecule has 1 fully saturated rings. The Bertz CT molecular complexity index is 395. The molecule has 2 nitrogen and oxygen atoms in total. The third kappa shape index (κ3) is 0.775. The van der Waals surface area contributed by atoms with Crippen LogP contribution in [0.15, 0.2) is 6.20 Å². The topological polar surface area (TPSA) is 17.8 Å². The lowest BCUT2D eigenvalue weighted by atomic mass is 10.1. The monoisotopic (exact) mass is 198 g/mol. The van der Waals surface area contributed by atoms with Gasteiger partial charge in [0.25, 0.3) is 5.92 Å². The summed E-state index contributed by atoms with van der Waals surface area (Å²) < 4.78 is 29.0. The zero-order valence-corrected chi connectivity index (χ0v) is 8.17. The van der Waals surface area contributed by atoms with E-state index in [1.165, 1.54) is 4.68 Å². The normalized spacial score (nSPS) is 31.8. The lowest BCUT2D eigenvalue weighted by Crippen LogP contribution is -2.21. The highest BCUT2D eigenvalue weighted by molar-refractivity contribution is 5.41. The van der Waals surface area contributed by atoms with Crippen molar-refractivity contribution in [1.29, 1.82) is 0 Å². The van der Waals surface area contributed by atoms with Gasteiger partial charge in [0.2, 0.25) is 0 Å². The van der Waals surface area contributed by atoms with Gasteiger partial charge in [-0.25, -0.2) is 0 Å². The highest BCUT2D eigenvalue weighted by Gasteiger charge is 2.65. The van der Waals surface area contributed by atoms with E-state index in [2.05, 4.69) is 5.10 Å². The molecule has 0 aliphatic heterocycles. The number of rotatable bonds is 1. The highest BCUT2D eigenvalue weighted by Crippen LogP contribution is 2.66. The zero-order valence-electron chi connectivity index (χ0n) is 8.17. The fourth-order valence-corrected chi connectivity index (χ4v) is 2.50. The van der Waals surface area contributed by atoms with Crippen molar-refractivity contribution < 1.29 is 8.78 Å². The molecule has 0 N–H and O–H groups in total. The first kappa shape index (κ1) is 8.38. The summed E-state index contributed by atoms with van der Waals surface area (Å²) in [5.74, 6) is -2.98. The third-order valence-corrected chi connectivity index (χ3v) is 3.28. The molecule has 4 heteroatoms. The Balaban J connectivity index is 2.19. The summed E-state index contributed by atoms with van der Waals surface area (Å²) in [7, 11) is 0. The van der Waals surface area contributed by atoms with Gasteiger partial charge in [-0.1, -0.05) is 0 Å². The van der Waals surface area contributed by atoms with Gasteiger partial charge in [-0.15, -0.1) is 0 Å². The van der Waals surface area contributed by atoms with E-state index in [4.69, 9.17) is 0 Å². The molecule has 76 valence electrons. The molecular formula is C10H12F2N2. The van der Waals surface area contributed by atoms with Crippen LogP contribution in [0.5, 0.6) is 0 Å². The molecule has 1 aromatic rings. The molecule has 2 atom stereocenters. The third-order valence-electron chi connectivity index (χ3n) is 3.28. The molecular weight excluding hydrogens is 186 g/mol. The molecule has 0 spiro atoms. The first-order valence-electron chi connectivity index (χ1n) is 4.99. The maximum Gasteiger partial charge on any atom is 0.293 e. The summed E-state index contributed by atoms with van der Waals surface area (Å²) >= 11 is 0. The smallest absolute Gasteiger partial charge is 0.261 e. The minimum absolute atomic E-state index is 0.0159. The second kappa shape index (κ2) is 2.18. The standard InChI is InChI=1S/C10H12F2N2/c1-5(2)14-9-7(4-13-14)6-3-8(6)10(9,11)12/h4-6,8H,3H2,1-2H3. The van der Waals surface area contributed by atoms with Crippen LogP contribution in [0.25, 0.3) is 0 Å². The van der Waals surface area contributed by atoms with Crippen molar-refractivity contribution in [3.8, 4) is 0 Å². The summed E-state index contributed by atoms with van der Waals surface area (Å²) in [5.41, 5.74) is 0.961. The van der Waals surface area contributed by atoms with E-state index in [0.29, 0.717) is 6.42 Å². The van der Waals surface area contributed by atoms with Crippen molar-refractivity contribution in [3.63, 3.8) is 0 Å². The van der Waals surface area contributed by atoms with E-state index in [9.17, 15) is 8.78 Å². The van der Waals surface area contributed by atoms with Crippen molar-refractivity contribution in [1.82, 2.24) is 9.78 Å². The Morgan fingerprint density at radius 2 is 2.29 bits per heavy atom. The summed E-state index contributed by atoms with van der Waals surface area (Å²) in [6, 6.07) is 0.0159. The second-order valence-electron chi connectivity index (χ2n) is 4.56. The molecule has 0 saturated heterocycles. The molecule has 2 unspecified atom stereocenters. The zero-order chi connectivity index (χ0) is 10.1. The molecule has 3 rings (SSSR count). The SMILES string of the molecule is CC(C)n1ncc2c1C(F)(F)C1CC21. The van der Waals surface area contributed by atoms with Crippen molar-refractivity contribution in [2.45, 2.75) is 38.2 Å². The van der Waals surface area contributed by atoms with E-state index >= 15 is 0 Å². The molecule has 0 radical (unpaired) electrons. The van der Waals surface area contributed by atoms with Crippen LogP contribution in [0, 0.1) is 5.92 Å². The number of halogens is 2. The minimum Gasteiger partial charge on any atom is -0.261 e. The van der Waals surface area contributed by atoms with Crippen LogP contribution in [0.4, 0.5) is 8.78 Å². The fraction of sp³-hybridized carbons (Fsp3) is 0.700. The molecule has 2 aliphatic rings. The first-order chi connectivity index (χ1) is 6.53. The van der Waals surface area contributed by atoms with Crippen LogP contribution < -0.4 is 0 Å². The number of fused-ring (bicyclic) bond motifs is 3. The summed E-state index contributed by atoms with van der Waals surface area (Å²) in [6.45, 7) is 3.76. The number of hydrogen-bond donors (Lipinski definition) is 0. The fourth-order valence-electron chi connectivity index (χ4n) is 2.50. The van der Waals surface area contributed by atoms with Gasteiger partial charge in [0.05, 0.1) is 6.20 Å². The number of alkyl halides is 2. The van der Waals surface area contributed by atoms with Crippen molar-refractivity contribution in [2.24, 2.45) is 5.92 Å². The van der Waals surface area contributed by atoms with Gasteiger partial charge >= 0.3 is 0 Å². The number of hydrogen-bond acceptors (Lipinski definition) is 1. The molecule has 1 saturated carbocycles. The van der Waals surface area contributed by atoms with Crippen molar-refractivity contribution >= 4 is 0 Å². The Morgan fingerprint density at radius 1 is 1.57 bits per heavy atom. The maximum atomic E-state index is 13.8. The van der Waals surface area contributed by atoms with E-state index in [-0.39, 0.29) is 17.7 Å². The van der Waals surface area contributed by atoms with Gasteiger partial charge in [0, 0.05) is 17.5 Å². The maximum absolute atomic E-state index is 13.8. The molecule has 14 heavy (non-hydrogen) atoms. The van der Waals surface area contributed by atoms with Crippen molar-refractivity contribution in [3.05, 3.63) is 17.5 Å². The lowest BCUT2D eigenvalue weighted by molar-refractivity contribution is -0.0318. The lowest BCUT2D eigenvalue weighted by Gasteiger charge is -2.17. The molecule has 0 bridgehead atoms. The van der Waals surface area contributed by atoms with Gasteiger partial charge in [-0.2, -0.15) is 13.9 Å². The number of aromatic nitrogens is 2. The predicted molar refractivity (Wildman–Crippen MR) is 47.4 cm³/mol. The molecule has 1 heterocycles. The minimum atomic E-state index is -2.64. The van der Waals surface area contributed by atoms with Gasteiger partial charge in [0.1, 0.15) is 5.69 Å². The summed E-state index contributed by atoms with van der Waals surface area (Å²) in [4.78, 5) is 0. The predicted octanol–water partition coefficient (Wildman–Crippen LogP) is 2.67. The van der Waals surface area contributed by atoms with Crippen LogP contribution >= 0.6 is 0 Å².